The van der Waals surface area contributed by atoms with Gasteiger partial charge < -0.3 is 15.1 Å². The molecule has 1 aliphatic heterocycles. The summed E-state index contributed by atoms with van der Waals surface area (Å²) in [4.78, 5) is 28.4. The molecular weight excluding hydrogens is 366 g/mol. The Labute approximate surface area is 172 Å². The first-order valence-corrected chi connectivity index (χ1v) is 10.3. The molecule has 2 heterocycles. The second-order valence-corrected chi connectivity index (χ2v) is 8.08. The fourth-order valence-electron chi connectivity index (χ4n) is 3.90. The van der Waals surface area contributed by atoms with Crippen molar-refractivity contribution in [1.29, 1.82) is 0 Å². The summed E-state index contributed by atoms with van der Waals surface area (Å²) in [6.07, 6.45) is 6.82. The Morgan fingerprint density at radius 3 is 2.83 bits per heavy atom. The van der Waals surface area contributed by atoms with Crippen LogP contribution < -0.4 is 5.32 Å². The topological polar surface area (TPSA) is 70.5 Å². The van der Waals surface area contributed by atoms with E-state index in [1.165, 1.54) is 6.92 Å². The lowest BCUT2D eigenvalue weighted by Gasteiger charge is -2.33. The summed E-state index contributed by atoms with van der Waals surface area (Å²) in [7, 11) is 4.04. The summed E-state index contributed by atoms with van der Waals surface area (Å²) >= 11 is 0. The van der Waals surface area contributed by atoms with Gasteiger partial charge in [-0.2, -0.15) is 5.10 Å². The van der Waals surface area contributed by atoms with Crippen molar-refractivity contribution in [2.75, 3.05) is 33.7 Å². The zero-order chi connectivity index (χ0) is 20.8. The first kappa shape index (κ1) is 21.0. The minimum Gasteiger partial charge on any atom is -0.356 e. The van der Waals surface area contributed by atoms with Crippen LogP contribution in [0, 0.1) is 5.92 Å². The first-order valence-electron chi connectivity index (χ1n) is 10.3. The van der Waals surface area contributed by atoms with E-state index in [1.54, 1.807) is 4.68 Å². The van der Waals surface area contributed by atoms with Crippen LogP contribution in [0.4, 0.5) is 0 Å². The molecule has 0 spiro atoms. The number of nitrogens with zero attached hydrogens (tertiary/aromatic N) is 4. The first-order chi connectivity index (χ1) is 13.9. The smallest absolute Gasteiger partial charge is 0.256 e. The molecule has 1 fully saturated rings. The normalized spacial score (nSPS) is 16.8. The molecule has 1 saturated heterocycles. The number of carbonyl (C=O) groups excluding carboxylic acids is 2. The number of carbonyl (C=O) groups is 2. The fraction of sp³-hybridized carbons (Fsp3) is 0.500. The Morgan fingerprint density at radius 2 is 2.07 bits per heavy atom. The average Bonchev–Trinajstić information content (AvgIpc) is 3.15. The molecule has 1 N–H and O–H groups in total. The van der Waals surface area contributed by atoms with Crippen molar-refractivity contribution in [3.63, 3.8) is 0 Å². The average molecular weight is 398 g/mol. The van der Waals surface area contributed by atoms with Gasteiger partial charge >= 0.3 is 0 Å². The second kappa shape index (κ2) is 9.69. The Hall–Kier alpha value is -2.67. The van der Waals surface area contributed by atoms with E-state index < -0.39 is 0 Å². The molecule has 2 aromatic rings. The van der Waals surface area contributed by atoms with Gasteiger partial charge in [0.25, 0.3) is 5.91 Å². The summed E-state index contributed by atoms with van der Waals surface area (Å²) in [5, 5.41) is 7.34. The number of benzene rings is 1. The number of amides is 2. The highest BCUT2D eigenvalue weighted by molar-refractivity contribution is 5.97. The molecule has 0 saturated carbocycles. The van der Waals surface area contributed by atoms with Gasteiger partial charge in [-0.25, -0.2) is 4.68 Å². The molecular formula is C22H31N5O2. The number of para-hydroxylation sites is 1. The van der Waals surface area contributed by atoms with Crippen LogP contribution in [0.1, 0.15) is 42.1 Å². The van der Waals surface area contributed by atoms with E-state index in [1.807, 2.05) is 55.7 Å². The van der Waals surface area contributed by atoms with Gasteiger partial charge in [-0.1, -0.05) is 12.1 Å². The zero-order valence-corrected chi connectivity index (χ0v) is 17.6. The van der Waals surface area contributed by atoms with Crippen LogP contribution in [-0.2, 0) is 11.3 Å². The fourth-order valence-corrected chi connectivity index (χ4v) is 3.90. The predicted molar refractivity (Wildman–Crippen MR) is 113 cm³/mol. The van der Waals surface area contributed by atoms with E-state index in [0.29, 0.717) is 18.0 Å². The second-order valence-electron chi connectivity index (χ2n) is 8.08. The van der Waals surface area contributed by atoms with Crippen molar-refractivity contribution in [2.24, 2.45) is 5.92 Å². The quantitative estimate of drug-likeness (QED) is 0.778. The van der Waals surface area contributed by atoms with Crippen LogP contribution in [0.2, 0.25) is 0 Å². The van der Waals surface area contributed by atoms with Crippen LogP contribution in [0.5, 0.6) is 0 Å². The lowest BCUT2D eigenvalue weighted by atomic mass is 9.94. The van der Waals surface area contributed by atoms with E-state index in [-0.39, 0.29) is 11.8 Å². The van der Waals surface area contributed by atoms with E-state index in [4.69, 9.17) is 0 Å². The molecule has 1 aromatic carbocycles. The van der Waals surface area contributed by atoms with Crippen molar-refractivity contribution in [3.8, 4) is 5.69 Å². The number of hydrogen-bond donors (Lipinski definition) is 1. The Kier molecular flexibility index (Phi) is 7.04. The number of hydrogen-bond acceptors (Lipinski definition) is 4. The maximum Gasteiger partial charge on any atom is 0.256 e. The highest BCUT2D eigenvalue weighted by atomic mass is 16.2. The molecule has 1 aromatic heterocycles. The molecule has 7 nitrogen and oxygen atoms in total. The van der Waals surface area contributed by atoms with Gasteiger partial charge in [-0.15, -0.1) is 0 Å². The van der Waals surface area contributed by atoms with Gasteiger partial charge in [0.1, 0.15) is 0 Å². The minimum absolute atomic E-state index is 0.00414. The summed E-state index contributed by atoms with van der Waals surface area (Å²) in [5.74, 6) is 0.466. The lowest BCUT2D eigenvalue weighted by Crippen LogP contribution is -2.41. The Morgan fingerprint density at radius 1 is 1.28 bits per heavy atom. The van der Waals surface area contributed by atoms with Crippen molar-refractivity contribution in [1.82, 2.24) is 24.9 Å². The molecule has 0 bridgehead atoms. The molecule has 7 heteroatoms. The standard InChI is InChI=1S/C22H31N5O2/c1-17(28)23-11-10-18-7-6-12-26(15-18)22(29)20-8-4-5-9-21(20)27-16-19(13-24-27)14-25(2)3/h4-5,8-9,13,16,18H,6-7,10-12,14-15H2,1-3H3,(H,23,28). The maximum atomic E-state index is 13.3. The van der Waals surface area contributed by atoms with Crippen molar-refractivity contribution in [3.05, 3.63) is 47.8 Å². The third-order valence-electron chi connectivity index (χ3n) is 5.25. The summed E-state index contributed by atoms with van der Waals surface area (Å²) in [5.41, 5.74) is 2.59. The van der Waals surface area contributed by atoms with Gasteiger partial charge in [0.15, 0.2) is 0 Å². The Balaban J connectivity index is 1.72. The van der Waals surface area contributed by atoms with Gasteiger partial charge in [-0.3, -0.25) is 9.59 Å². The summed E-state index contributed by atoms with van der Waals surface area (Å²) in [6, 6.07) is 7.66. The highest BCUT2D eigenvalue weighted by Gasteiger charge is 2.26. The van der Waals surface area contributed by atoms with E-state index in [2.05, 4.69) is 15.3 Å². The third-order valence-corrected chi connectivity index (χ3v) is 5.25. The minimum atomic E-state index is -0.00414. The maximum absolute atomic E-state index is 13.3. The predicted octanol–water partition coefficient (Wildman–Crippen LogP) is 2.31. The van der Waals surface area contributed by atoms with Gasteiger partial charge in [-0.05, 0) is 51.4 Å². The molecule has 3 rings (SSSR count). The molecule has 1 aliphatic rings. The van der Waals surface area contributed by atoms with Gasteiger partial charge in [0.05, 0.1) is 17.4 Å². The third kappa shape index (κ3) is 5.67. The molecule has 0 radical (unpaired) electrons. The van der Waals surface area contributed by atoms with Crippen molar-refractivity contribution in [2.45, 2.75) is 32.7 Å². The molecule has 0 aliphatic carbocycles. The number of rotatable bonds is 7. The number of aromatic nitrogens is 2. The highest BCUT2D eigenvalue weighted by Crippen LogP contribution is 2.23. The zero-order valence-electron chi connectivity index (χ0n) is 17.6. The van der Waals surface area contributed by atoms with Crippen molar-refractivity contribution < 1.29 is 9.59 Å². The van der Waals surface area contributed by atoms with Crippen LogP contribution in [0.25, 0.3) is 5.69 Å². The van der Waals surface area contributed by atoms with Gasteiger partial charge in [0, 0.05) is 44.9 Å². The SMILES string of the molecule is CC(=O)NCCC1CCCN(C(=O)c2ccccc2-n2cc(CN(C)C)cn2)C1. The Bertz CT molecular complexity index is 845. The summed E-state index contributed by atoms with van der Waals surface area (Å²) < 4.78 is 1.80. The van der Waals surface area contributed by atoms with Crippen LogP contribution >= 0.6 is 0 Å². The number of likely N-dealkylation sites (tertiary alicyclic amines) is 1. The molecule has 1 unspecified atom stereocenters. The monoisotopic (exact) mass is 397 g/mol. The molecule has 156 valence electrons. The number of nitrogens with one attached hydrogen (secondary N) is 1. The van der Waals surface area contributed by atoms with E-state index >= 15 is 0 Å². The summed E-state index contributed by atoms with van der Waals surface area (Å²) in [6.45, 7) is 4.51. The largest absolute Gasteiger partial charge is 0.356 e. The van der Waals surface area contributed by atoms with Crippen LogP contribution in [0.3, 0.4) is 0 Å². The van der Waals surface area contributed by atoms with Crippen LogP contribution in [0.15, 0.2) is 36.7 Å². The van der Waals surface area contributed by atoms with Crippen molar-refractivity contribution >= 4 is 11.8 Å². The van der Waals surface area contributed by atoms with E-state index in [0.717, 1.165) is 50.1 Å². The van der Waals surface area contributed by atoms with Gasteiger partial charge in [0.2, 0.25) is 5.91 Å². The molecule has 2 amide bonds. The molecule has 1 atom stereocenters. The lowest BCUT2D eigenvalue weighted by molar-refractivity contribution is -0.119. The molecule has 29 heavy (non-hydrogen) atoms. The van der Waals surface area contributed by atoms with Crippen LogP contribution in [-0.4, -0.2) is 65.1 Å². The number of piperidine rings is 1. The van der Waals surface area contributed by atoms with E-state index in [9.17, 15) is 9.59 Å².